The molecule has 2 aromatic carbocycles. The van der Waals surface area contributed by atoms with Crippen LogP contribution in [0.3, 0.4) is 0 Å². The van der Waals surface area contributed by atoms with Crippen LogP contribution < -0.4 is 5.56 Å². The Morgan fingerprint density at radius 1 is 1.15 bits per heavy atom. The lowest BCUT2D eigenvalue weighted by Crippen LogP contribution is -2.20. The summed E-state index contributed by atoms with van der Waals surface area (Å²) in [6.45, 7) is 5.44. The minimum Gasteiger partial charge on any atom is -0.453 e. The zero-order chi connectivity index (χ0) is 23.8. The Balaban J connectivity index is 1.67. The Labute approximate surface area is 204 Å². The predicted octanol–water partition coefficient (Wildman–Crippen LogP) is 5.52. The number of aromatic nitrogens is 3. The summed E-state index contributed by atoms with van der Waals surface area (Å²) in [5.41, 5.74) is 4.12. The summed E-state index contributed by atoms with van der Waals surface area (Å²) in [6.07, 6.45) is 1.70. The predicted molar refractivity (Wildman–Crippen MR) is 138 cm³/mol. The highest BCUT2D eigenvalue weighted by Crippen LogP contribution is 2.29. The second kappa shape index (κ2) is 9.04. The Hall–Kier alpha value is -3.49. The van der Waals surface area contributed by atoms with E-state index in [4.69, 9.17) is 14.1 Å². The van der Waals surface area contributed by atoms with Gasteiger partial charge in [0.05, 0.1) is 23.7 Å². The molecule has 3 heterocycles. The fourth-order valence-electron chi connectivity index (χ4n) is 4.12. The van der Waals surface area contributed by atoms with Crippen molar-refractivity contribution in [1.82, 2.24) is 14.2 Å². The van der Waals surface area contributed by atoms with E-state index in [0.717, 1.165) is 33.4 Å². The highest BCUT2D eigenvalue weighted by molar-refractivity contribution is 9.10. The first-order valence-electron chi connectivity index (χ1n) is 10.9. The average molecular weight is 519 g/mol. The lowest BCUT2D eigenvalue weighted by molar-refractivity contribution is 0.186. The van der Waals surface area contributed by atoms with Gasteiger partial charge in [-0.2, -0.15) is 9.78 Å². The van der Waals surface area contributed by atoms with Crippen LogP contribution in [0.5, 0.6) is 0 Å². The molecule has 5 aromatic rings. The molecule has 0 unspecified atom stereocenters. The van der Waals surface area contributed by atoms with Crippen LogP contribution in [-0.2, 0) is 11.3 Å². The van der Waals surface area contributed by atoms with Gasteiger partial charge in [-0.25, -0.2) is 4.98 Å². The molecular weight excluding hydrogens is 496 g/mol. The van der Waals surface area contributed by atoms with E-state index in [-0.39, 0.29) is 5.56 Å². The second-order valence-corrected chi connectivity index (χ2v) is 8.99. The van der Waals surface area contributed by atoms with Gasteiger partial charge >= 0.3 is 0 Å². The molecule has 172 valence electrons. The highest BCUT2D eigenvalue weighted by atomic mass is 79.9. The maximum Gasteiger partial charge on any atom is 0.282 e. The van der Waals surface area contributed by atoms with E-state index in [1.807, 2.05) is 62.4 Å². The van der Waals surface area contributed by atoms with Crippen LogP contribution in [0.15, 0.2) is 73.4 Å². The normalized spacial score (nSPS) is 11.9. The third-order valence-corrected chi connectivity index (χ3v) is 6.39. The highest BCUT2D eigenvalue weighted by Gasteiger charge is 2.17. The lowest BCUT2D eigenvalue weighted by Gasteiger charge is -2.08. The van der Waals surface area contributed by atoms with Crippen LogP contribution in [0.4, 0.5) is 0 Å². The molecule has 7 nitrogen and oxygen atoms in total. The minimum atomic E-state index is -0.258. The number of fused-ring (bicyclic) bond motifs is 2. The van der Waals surface area contributed by atoms with Crippen molar-refractivity contribution >= 4 is 44.0 Å². The quantitative estimate of drug-likeness (QED) is 0.277. The SMILES string of the molecule is COCCn1c(C)cc(C=Nn2c(-c3cc4cc(Br)ccc4o3)nc3ccccc3c2=O)c1C. The summed E-state index contributed by atoms with van der Waals surface area (Å²) in [5, 5.41) is 5.99. The fourth-order valence-corrected chi connectivity index (χ4v) is 4.50. The maximum atomic E-state index is 13.4. The monoisotopic (exact) mass is 518 g/mol. The molecule has 0 aliphatic rings. The van der Waals surface area contributed by atoms with Crippen molar-refractivity contribution in [2.75, 3.05) is 13.7 Å². The Morgan fingerprint density at radius 3 is 2.79 bits per heavy atom. The number of nitrogens with zero attached hydrogens (tertiary/aromatic N) is 4. The summed E-state index contributed by atoms with van der Waals surface area (Å²) in [4.78, 5) is 18.2. The van der Waals surface area contributed by atoms with Gasteiger partial charge in [-0.05, 0) is 56.3 Å². The number of para-hydroxylation sites is 1. The Bertz CT molecular complexity index is 1610. The number of methoxy groups -OCH3 is 1. The molecule has 0 saturated carbocycles. The van der Waals surface area contributed by atoms with Gasteiger partial charge in [0.2, 0.25) is 5.82 Å². The molecule has 0 fully saturated rings. The summed E-state index contributed by atoms with van der Waals surface area (Å²) in [5.74, 6) is 0.819. The third-order valence-electron chi connectivity index (χ3n) is 5.90. The molecule has 3 aromatic heterocycles. The minimum absolute atomic E-state index is 0.258. The van der Waals surface area contributed by atoms with Gasteiger partial charge < -0.3 is 13.7 Å². The molecule has 0 N–H and O–H groups in total. The van der Waals surface area contributed by atoms with Crippen LogP contribution in [0.1, 0.15) is 17.0 Å². The van der Waals surface area contributed by atoms with Gasteiger partial charge in [-0.1, -0.05) is 28.1 Å². The van der Waals surface area contributed by atoms with Gasteiger partial charge in [0.1, 0.15) is 5.58 Å². The first-order chi connectivity index (χ1) is 16.5. The number of furan rings is 1. The number of aryl methyl sites for hydroxylation is 1. The smallest absolute Gasteiger partial charge is 0.282 e. The van der Waals surface area contributed by atoms with E-state index < -0.39 is 0 Å². The van der Waals surface area contributed by atoms with Crippen molar-refractivity contribution in [2.24, 2.45) is 5.10 Å². The molecule has 5 rings (SSSR count). The molecule has 0 amide bonds. The third kappa shape index (κ3) is 3.99. The summed E-state index contributed by atoms with van der Waals surface area (Å²) < 4.78 is 15.7. The van der Waals surface area contributed by atoms with E-state index in [9.17, 15) is 4.79 Å². The summed E-state index contributed by atoms with van der Waals surface area (Å²) in [7, 11) is 1.69. The van der Waals surface area contributed by atoms with Gasteiger partial charge in [0.25, 0.3) is 5.56 Å². The molecule has 8 heteroatoms. The largest absolute Gasteiger partial charge is 0.453 e. The molecule has 0 radical (unpaired) electrons. The molecule has 0 aliphatic heterocycles. The molecule has 0 atom stereocenters. The molecule has 0 aliphatic carbocycles. The first kappa shape index (κ1) is 22.3. The van der Waals surface area contributed by atoms with Gasteiger partial charge in [-0.3, -0.25) is 4.79 Å². The topological polar surface area (TPSA) is 74.6 Å². The number of rotatable bonds is 6. The van der Waals surface area contributed by atoms with Crippen molar-refractivity contribution in [1.29, 1.82) is 0 Å². The van der Waals surface area contributed by atoms with Crippen LogP contribution in [0.2, 0.25) is 0 Å². The van der Waals surface area contributed by atoms with E-state index in [0.29, 0.717) is 34.7 Å². The zero-order valence-electron chi connectivity index (χ0n) is 19.1. The average Bonchev–Trinajstić information content (AvgIpc) is 3.36. The standard InChI is InChI=1S/C26H23BrN4O3/c1-16-12-19(17(2)30(16)10-11-33-3)15-28-31-25(29-22-7-5-4-6-21(22)26(31)32)24-14-18-13-20(27)8-9-23(18)34-24/h4-9,12-15H,10-11H2,1-3H3. The van der Waals surface area contributed by atoms with Crippen molar-refractivity contribution in [3.05, 3.63) is 86.4 Å². The van der Waals surface area contributed by atoms with Gasteiger partial charge in [0.15, 0.2) is 5.76 Å². The fraction of sp³-hybridized carbons (Fsp3) is 0.192. The molecule has 0 bridgehead atoms. The second-order valence-electron chi connectivity index (χ2n) is 8.08. The first-order valence-corrected chi connectivity index (χ1v) is 11.7. The molecular formula is C26H23BrN4O3. The van der Waals surface area contributed by atoms with Crippen molar-refractivity contribution in [2.45, 2.75) is 20.4 Å². The van der Waals surface area contributed by atoms with Crippen LogP contribution in [-0.4, -0.2) is 34.2 Å². The number of ether oxygens (including phenoxy) is 1. The van der Waals surface area contributed by atoms with Gasteiger partial charge in [0, 0.05) is 40.5 Å². The summed E-state index contributed by atoms with van der Waals surface area (Å²) >= 11 is 3.49. The molecule has 0 saturated heterocycles. The van der Waals surface area contributed by atoms with E-state index >= 15 is 0 Å². The van der Waals surface area contributed by atoms with Gasteiger partial charge in [-0.15, -0.1) is 0 Å². The van der Waals surface area contributed by atoms with E-state index in [1.165, 1.54) is 4.68 Å². The molecule has 0 spiro atoms. The Kier molecular flexibility index (Phi) is 5.93. The summed E-state index contributed by atoms with van der Waals surface area (Å²) in [6, 6.07) is 16.9. The van der Waals surface area contributed by atoms with Crippen LogP contribution in [0, 0.1) is 13.8 Å². The number of benzene rings is 2. The van der Waals surface area contributed by atoms with Crippen molar-refractivity contribution in [3.8, 4) is 11.6 Å². The van der Waals surface area contributed by atoms with Crippen LogP contribution >= 0.6 is 15.9 Å². The van der Waals surface area contributed by atoms with Crippen LogP contribution in [0.25, 0.3) is 33.5 Å². The van der Waals surface area contributed by atoms with Crippen molar-refractivity contribution in [3.63, 3.8) is 0 Å². The lowest BCUT2D eigenvalue weighted by atomic mass is 10.2. The number of hydrogen-bond acceptors (Lipinski definition) is 5. The molecule has 34 heavy (non-hydrogen) atoms. The Morgan fingerprint density at radius 2 is 1.97 bits per heavy atom. The van der Waals surface area contributed by atoms with E-state index in [2.05, 4.69) is 25.6 Å². The number of hydrogen-bond donors (Lipinski definition) is 0. The zero-order valence-corrected chi connectivity index (χ0v) is 20.7. The van der Waals surface area contributed by atoms with Crippen molar-refractivity contribution < 1.29 is 9.15 Å². The van der Waals surface area contributed by atoms with E-state index in [1.54, 1.807) is 19.4 Å². The maximum absolute atomic E-state index is 13.4. The number of halogens is 1.